The van der Waals surface area contributed by atoms with Crippen LogP contribution in [-0.4, -0.2) is 55.0 Å². The molecular formula is C27H42N2O5. The maximum atomic E-state index is 13.1. The van der Waals surface area contributed by atoms with Gasteiger partial charge in [0.25, 0.3) is 5.91 Å². The average molecular weight is 475 g/mol. The minimum atomic E-state index is -0.864. The molecule has 1 saturated heterocycles. The Bertz CT molecular complexity index is 767. The van der Waals surface area contributed by atoms with Crippen LogP contribution >= 0.6 is 0 Å². The minimum absolute atomic E-state index is 0.138. The van der Waals surface area contributed by atoms with Gasteiger partial charge >= 0.3 is 5.97 Å². The number of amides is 2. The molecule has 2 amide bonds. The summed E-state index contributed by atoms with van der Waals surface area (Å²) >= 11 is 0. The molecular weight excluding hydrogens is 432 g/mol. The van der Waals surface area contributed by atoms with E-state index < -0.39 is 12.0 Å². The molecule has 0 aliphatic carbocycles. The summed E-state index contributed by atoms with van der Waals surface area (Å²) in [5, 5.41) is 2.75. The van der Waals surface area contributed by atoms with Gasteiger partial charge in [0.15, 0.2) is 0 Å². The Labute approximate surface area is 204 Å². The molecule has 0 saturated carbocycles. The van der Waals surface area contributed by atoms with E-state index in [9.17, 15) is 14.4 Å². The van der Waals surface area contributed by atoms with Crippen LogP contribution in [-0.2, 0) is 14.3 Å². The predicted octanol–water partition coefficient (Wildman–Crippen LogP) is 4.88. The molecule has 34 heavy (non-hydrogen) atoms. The van der Waals surface area contributed by atoms with Gasteiger partial charge in [-0.2, -0.15) is 0 Å². The number of hydrogen-bond donors (Lipinski definition) is 1. The fourth-order valence-electron chi connectivity index (χ4n) is 4.20. The SMILES string of the molecule is CCCCCCCCCCCCOC(=O)CC1C(=O)NCCN1C(=O)c1cccc(OCC)c1. The zero-order valence-corrected chi connectivity index (χ0v) is 21.0. The minimum Gasteiger partial charge on any atom is -0.494 e. The number of unbranched alkanes of at least 4 members (excludes halogenated alkanes) is 9. The van der Waals surface area contributed by atoms with Gasteiger partial charge in [-0.25, -0.2) is 0 Å². The summed E-state index contributed by atoms with van der Waals surface area (Å²) < 4.78 is 10.9. The molecule has 0 radical (unpaired) electrons. The van der Waals surface area contributed by atoms with E-state index in [0.29, 0.717) is 37.6 Å². The van der Waals surface area contributed by atoms with E-state index >= 15 is 0 Å². The standard InChI is InChI=1S/C27H42N2O5/c1-3-5-6-7-8-9-10-11-12-13-19-34-25(30)21-24-26(31)28-17-18-29(24)27(32)22-15-14-16-23(20-22)33-4-2/h14-16,20,24H,3-13,17-19,21H2,1-2H3,(H,28,31). The fraction of sp³-hybridized carbons (Fsp3) is 0.667. The lowest BCUT2D eigenvalue weighted by atomic mass is 10.1. The van der Waals surface area contributed by atoms with Crippen molar-refractivity contribution in [1.82, 2.24) is 10.2 Å². The van der Waals surface area contributed by atoms with E-state index in [-0.39, 0.29) is 18.2 Å². The highest BCUT2D eigenvalue weighted by molar-refractivity contribution is 5.99. The van der Waals surface area contributed by atoms with Gasteiger partial charge in [0.05, 0.1) is 19.6 Å². The van der Waals surface area contributed by atoms with Crippen molar-refractivity contribution in [2.75, 3.05) is 26.3 Å². The molecule has 0 bridgehead atoms. The van der Waals surface area contributed by atoms with Gasteiger partial charge in [-0.1, -0.05) is 70.8 Å². The number of carbonyl (C=O) groups is 3. The number of ether oxygens (including phenoxy) is 2. The Balaban J connectivity index is 1.73. The van der Waals surface area contributed by atoms with E-state index in [2.05, 4.69) is 12.2 Å². The predicted molar refractivity (Wildman–Crippen MR) is 133 cm³/mol. The number of rotatable bonds is 16. The van der Waals surface area contributed by atoms with Crippen molar-refractivity contribution in [1.29, 1.82) is 0 Å². The van der Waals surface area contributed by atoms with E-state index in [1.54, 1.807) is 24.3 Å². The summed E-state index contributed by atoms with van der Waals surface area (Å²) in [7, 11) is 0. The molecule has 7 heteroatoms. The lowest BCUT2D eigenvalue weighted by molar-refractivity contribution is -0.147. The first-order valence-electron chi connectivity index (χ1n) is 13.0. The third-order valence-corrected chi connectivity index (χ3v) is 6.10. The van der Waals surface area contributed by atoms with Crippen LogP contribution in [0, 0.1) is 0 Å². The Morgan fingerprint density at radius 1 is 1.00 bits per heavy atom. The number of nitrogens with one attached hydrogen (secondary N) is 1. The van der Waals surface area contributed by atoms with E-state index in [1.165, 1.54) is 49.8 Å². The Kier molecular flexibility index (Phi) is 13.1. The normalized spacial score (nSPS) is 15.6. The van der Waals surface area contributed by atoms with Crippen LogP contribution in [0.25, 0.3) is 0 Å². The zero-order valence-electron chi connectivity index (χ0n) is 21.0. The third kappa shape index (κ3) is 9.74. The van der Waals surface area contributed by atoms with Crippen LogP contribution in [0.2, 0.25) is 0 Å². The second-order valence-electron chi connectivity index (χ2n) is 8.87. The number of hydrogen-bond acceptors (Lipinski definition) is 5. The van der Waals surface area contributed by atoms with E-state index in [0.717, 1.165) is 19.3 Å². The molecule has 0 spiro atoms. The van der Waals surface area contributed by atoms with Crippen molar-refractivity contribution in [3.63, 3.8) is 0 Å². The summed E-state index contributed by atoms with van der Waals surface area (Å²) in [5.74, 6) is -0.457. The largest absolute Gasteiger partial charge is 0.494 e. The van der Waals surface area contributed by atoms with Gasteiger partial charge in [-0.3, -0.25) is 14.4 Å². The number of piperazine rings is 1. The van der Waals surface area contributed by atoms with Crippen molar-refractivity contribution in [2.45, 2.75) is 90.5 Å². The van der Waals surface area contributed by atoms with Crippen LogP contribution in [0.15, 0.2) is 24.3 Å². The molecule has 1 atom stereocenters. The van der Waals surface area contributed by atoms with Gasteiger partial charge in [0.2, 0.25) is 5.91 Å². The number of carbonyl (C=O) groups excluding carboxylic acids is 3. The molecule has 1 aromatic carbocycles. The Morgan fingerprint density at radius 2 is 1.68 bits per heavy atom. The summed E-state index contributed by atoms with van der Waals surface area (Å²) in [6.07, 6.45) is 12.0. The average Bonchev–Trinajstić information content (AvgIpc) is 2.84. The fourth-order valence-corrected chi connectivity index (χ4v) is 4.20. The monoisotopic (exact) mass is 474 g/mol. The van der Waals surface area contributed by atoms with Crippen LogP contribution < -0.4 is 10.1 Å². The number of benzene rings is 1. The molecule has 7 nitrogen and oxygen atoms in total. The van der Waals surface area contributed by atoms with E-state index in [1.807, 2.05) is 6.92 Å². The lowest BCUT2D eigenvalue weighted by Crippen LogP contribution is -2.57. The van der Waals surface area contributed by atoms with E-state index in [4.69, 9.17) is 9.47 Å². The topological polar surface area (TPSA) is 84.9 Å². The van der Waals surface area contributed by atoms with Crippen LogP contribution in [0.5, 0.6) is 5.75 Å². The molecule has 1 fully saturated rings. The summed E-state index contributed by atoms with van der Waals surface area (Å²) in [6.45, 7) is 5.67. The molecule has 1 unspecified atom stereocenters. The molecule has 190 valence electrons. The highest BCUT2D eigenvalue weighted by Gasteiger charge is 2.35. The summed E-state index contributed by atoms with van der Waals surface area (Å²) in [5.41, 5.74) is 0.435. The third-order valence-electron chi connectivity index (χ3n) is 6.10. The lowest BCUT2D eigenvalue weighted by Gasteiger charge is -2.34. The Morgan fingerprint density at radius 3 is 2.35 bits per heavy atom. The van der Waals surface area contributed by atoms with Crippen molar-refractivity contribution in [3.05, 3.63) is 29.8 Å². The smallest absolute Gasteiger partial charge is 0.308 e. The molecule has 1 aromatic rings. The first kappa shape index (κ1) is 27.7. The molecule has 1 aliphatic rings. The summed E-state index contributed by atoms with van der Waals surface area (Å²) in [4.78, 5) is 39.4. The molecule has 1 heterocycles. The number of esters is 1. The highest BCUT2D eigenvalue weighted by atomic mass is 16.5. The van der Waals surface area contributed by atoms with Gasteiger partial charge in [0.1, 0.15) is 11.8 Å². The molecule has 0 aromatic heterocycles. The quantitative estimate of drug-likeness (QED) is 0.273. The van der Waals surface area contributed by atoms with Crippen LogP contribution in [0.3, 0.4) is 0 Å². The van der Waals surface area contributed by atoms with Gasteiger partial charge < -0.3 is 19.7 Å². The van der Waals surface area contributed by atoms with Crippen molar-refractivity contribution < 1.29 is 23.9 Å². The van der Waals surface area contributed by atoms with Crippen LogP contribution in [0.1, 0.15) is 94.8 Å². The Hall–Kier alpha value is -2.57. The maximum Gasteiger partial charge on any atom is 0.308 e. The maximum absolute atomic E-state index is 13.1. The summed E-state index contributed by atoms with van der Waals surface area (Å²) in [6, 6.07) is 6.03. The molecule has 2 rings (SSSR count). The first-order chi connectivity index (χ1) is 16.6. The molecule has 1 N–H and O–H groups in total. The second-order valence-corrected chi connectivity index (χ2v) is 8.87. The van der Waals surface area contributed by atoms with Crippen LogP contribution in [0.4, 0.5) is 0 Å². The van der Waals surface area contributed by atoms with Gasteiger partial charge in [-0.05, 0) is 31.5 Å². The first-order valence-corrected chi connectivity index (χ1v) is 13.0. The van der Waals surface area contributed by atoms with Crippen molar-refractivity contribution >= 4 is 17.8 Å². The van der Waals surface area contributed by atoms with Crippen molar-refractivity contribution in [2.24, 2.45) is 0 Å². The van der Waals surface area contributed by atoms with Gasteiger partial charge in [0, 0.05) is 18.7 Å². The van der Waals surface area contributed by atoms with Gasteiger partial charge in [-0.15, -0.1) is 0 Å². The molecule has 1 aliphatic heterocycles. The van der Waals surface area contributed by atoms with Crippen molar-refractivity contribution in [3.8, 4) is 5.75 Å². The second kappa shape index (κ2) is 16.1. The zero-order chi connectivity index (χ0) is 24.6. The highest BCUT2D eigenvalue weighted by Crippen LogP contribution is 2.19. The number of nitrogens with zero attached hydrogens (tertiary/aromatic N) is 1.